The molecular weight excluding hydrogens is 519 g/mol. The number of ether oxygens (including phenoxy) is 1. The minimum atomic E-state index is -0.290. The number of hydrogen-bond acceptors (Lipinski definition) is 6. The van der Waals surface area contributed by atoms with Crippen molar-refractivity contribution in [3.05, 3.63) is 112 Å². The van der Waals surface area contributed by atoms with Crippen LogP contribution in [0.1, 0.15) is 29.5 Å². The van der Waals surface area contributed by atoms with Crippen molar-refractivity contribution in [3.8, 4) is 11.5 Å². The SMILES string of the molecule is O=c1[nH]c2ccc(CN3CCC4(CCN(c5ncncc5Oc5ccc(F)cc5Cc5ccccc5)C4)C3)cc2[nH]1. The van der Waals surface area contributed by atoms with Gasteiger partial charge in [0.2, 0.25) is 0 Å². The Morgan fingerprint density at radius 2 is 1.76 bits per heavy atom. The van der Waals surface area contributed by atoms with Crippen LogP contribution in [0.5, 0.6) is 11.5 Å². The smallest absolute Gasteiger partial charge is 0.323 e. The fraction of sp³-hybridized carbons (Fsp3) is 0.281. The number of anilines is 1. The van der Waals surface area contributed by atoms with Crippen LogP contribution >= 0.6 is 0 Å². The summed E-state index contributed by atoms with van der Waals surface area (Å²) in [7, 11) is 0. The molecule has 1 atom stereocenters. The topological polar surface area (TPSA) is 90.1 Å². The summed E-state index contributed by atoms with van der Waals surface area (Å²) in [5, 5.41) is 0. The predicted molar refractivity (Wildman–Crippen MR) is 156 cm³/mol. The molecule has 1 unspecified atom stereocenters. The van der Waals surface area contributed by atoms with Gasteiger partial charge in [-0.2, -0.15) is 0 Å². The van der Waals surface area contributed by atoms with E-state index in [0.29, 0.717) is 17.9 Å². The molecule has 8 nitrogen and oxygen atoms in total. The number of fused-ring (bicyclic) bond motifs is 1. The highest BCUT2D eigenvalue weighted by molar-refractivity contribution is 5.75. The first-order valence-electron chi connectivity index (χ1n) is 14.0. The van der Waals surface area contributed by atoms with Crippen LogP contribution in [-0.4, -0.2) is 51.0 Å². The van der Waals surface area contributed by atoms with Gasteiger partial charge in [0.15, 0.2) is 11.6 Å². The van der Waals surface area contributed by atoms with Crippen LogP contribution in [0, 0.1) is 11.2 Å². The Hall–Kier alpha value is -4.50. The Labute approximate surface area is 236 Å². The van der Waals surface area contributed by atoms with Crippen molar-refractivity contribution in [1.29, 1.82) is 0 Å². The number of aromatic nitrogens is 4. The Morgan fingerprint density at radius 1 is 0.902 bits per heavy atom. The van der Waals surface area contributed by atoms with Crippen molar-refractivity contribution in [1.82, 2.24) is 24.8 Å². The van der Waals surface area contributed by atoms with E-state index in [1.165, 1.54) is 17.7 Å². The molecule has 7 rings (SSSR count). The number of nitrogens with zero attached hydrogens (tertiary/aromatic N) is 4. The molecule has 2 aromatic heterocycles. The van der Waals surface area contributed by atoms with E-state index in [4.69, 9.17) is 4.74 Å². The van der Waals surface area contributed by atoms with Gasteiger partial charge in [-0.25, -0.2) is 19.2 Å². The average Bonchev–Trinajstić information content (AvgIpc) is 3.68. The van der Waals surface area contributed by atoms with Gasteiger partial charge in [0.25, 0.3) is 0 Å². The molecule has 2 N–H and O–H groups in total. The second-order valence-electron chi connectivity index (χ2n) is 11.3. The standard InChI is InChI=1S/C32H31FN6O2/c33-25-7-9-28(24(16-25)14-22-4-2-1-3-5-22)41-29-17-34-21-35-30(29)39-13-11-32(20-39)10-12-38(19-32)18-23-6-8-26-27(15-23)37-31(40)36-26/h1-9,15-17,21H,10-14,18-20H2,(H2,36,37,40). The molecular formula is C32H31FN6O2. The molecule has 5 aromatic rings. The third-order valence-electron chi connectivity index (χ3n) is 8.38. The number of aromatic amines is 2. The molecule has 2 aliphatic heterocycles. The molecule has 1 spiro atoms. The number of benzene rings is 3. The van der Waals surface area contributed by atoms with E-state index >= 15 is 0 Å². The van der Waals surface area contributed by atoms with Crippen molar-refractivity contribution < 1.29 is 9.13 Å². The van der Waals surface area contributed by atoms with Gasteiger partial charge in [0.05, 0.1) is 17.2 Å². The number of imidazole rings is 1. The molecule has 0 aliphatic carbocycles. The molecule has 2 fully saturated rings. The predicted octanol–water partition coefficient (Wildman–Crippen LogP) is 5.27. The van der Waals surface area contributed by atoms with Crippen LogP contribution in [-0.2, 0) is 13.0 Å². The van der Waals surface area contributed by atoms with Crippen LogP contribution < -0.4 is 15.3 Å². The molecule has 208 valence electrons. The van der Waals surface area contributed by atoms with Crippen LogP contribution in [0.4, 0.5) is 10.2 Å². The monoisotopic (exact) mass is 550 g/mol. The summed E-state index contributed by atoms with van der Waals surface area (Å²) in [6.45, 7) is 4.66. The van der Waals surface area contributed by atoms with E-state index in [1.54, 1.807) is 18.6 Å². The largest absolute Gasteiger partial charge is 0.452 e. The number of rotatable bonds is 7. The van der Waals surface area contributed by atoms with E-state index in [2.05, 4.69) is 41.9 Å². The van der Waals surface area contributed by atoms with Gasteiger partial charge in [-0.15, -0.1) is 0 Å². The van der Waals surface area contributed by atoms with Crippen molar-refractivity contribution >= 4 is 16.9 Å². The summed E-state index contributed by atoms with van der Waals surface area (Å²) >= 11 is 0. The summed E-state index contributed by atoms with van der Waals surface area (Å²) in [4.78, 5) is 31.0. The molecule has 0 amide bonds. The second kappa shape index (κ2) is 10.5. The molecule has 2 saturated heterocycles. The highest BCUT2D eigenvalue weighted by Gasteiger charge is 2.44. The summed E-state index contributed by atoms with van der Waals surface area (Å²) in [5.41, 5.74) is 4.73. The molecule has 0 bridgehead atoms. The second-order valence-corrected chi connectivity index (χ2v) is 11.3. The van der Waals surface area contributed by atoms with Gasteiger partial charge < -0.3 is 19.6 Å². The Kier molecular flexibility index (Phi) is 6.51. The number of hydrogen-bond donors (Lipinski definition) is 2. The van der Waals surface area contributed by atoms with Gasteiger partial charge >= 0.3 is 5.69 Å². The van der Waals surface area contributed by atoms with E-state index in [1.807, 2.05) is 36.4 Å². The Bertz CT molecular complexity index is 1750. The highest BCUT2D eigenvalue weighted by Crippen LogP contribution is 2.43. The zero-order valence-corrected chi connectivity index (χ0v) is 22.6. The third-order valence-corrected chi connectivity index (χ3v) is 8.38. The van der Waals surface area contributed by atoms with Crippen molar-refractivity contribution in [2.45, 2.75) is 25.8 Å². The van der Waals surface area contributed by atoms with E-state index < -0.39 is 0 Å². The number of likely N-dealkylation sites (tertiary alicyclic amines) is 1. The lowest BCUT2D eigenvalue weighted by Gasteiger charge is -2.26. The first kappa shape index (κ1) is 25.5. The minimum absolute atomic E-state index is 0.178. The van der Waals surface area contributed by atoms with Crippen LogP contribution in [0.2, 0.25) is 0 Å². The lowest BCUT2D eigenvalue weighted by Crippen LogP contribution is -2.31. The fourth-order valence-corrected chi connectivity index (χ4v) is 6.39. The van der Waals surface area contributed by atoms with Gasteiger partial charge in [-0.05, 0) is 60.8 Å². The summed E-state index contributed by atoms with van der Waals surface area (Å²) in [5.74, 6) is 1.66. The zero-order chi connectivity index (χ0) is 27.8. The maximum Gasteiger partial charge on any atom is 0.323 e. The highest BCUT2D eigenvalue weighted by atomic mass is 19.1. The third kappa shape index (κ3) is 5.32. The fourth-order valence-electron chi connectivity index (χ4n) is 6.39. The minimum Gasteiger partial charge on any atom is -0.452 e. The zero-order valence-electron chi connectivity index (χ0n) is 22.6. The Morgan fingerprint density at radius 3 is 2.66 bits per heavy atom. The molecule has 41 heavy (non-hydrogen) atoms. The molecule has 0 radical (unpaired) electrons. The lowest BCUT2D eigenvalue weighted by atomic mass is 9.86. The van der Waals surface area contributed by atoms with Crippen molar-refractivity contribution in [2.24, 2.45) is 5.41 Å². The summed E-state index contributed by atoms with van der Waals surface area (Å²) < 4.78 is 20.6. The summed E-state index contributed by atoms with van der Waals surface area (Å²) in [6.07, 6.45) is 6.02. The quantitative estimate of drug-likeness (QED) is 0.287. The molecule has 9 heteroatoms. The molecule has 2 aliphatic rings. The Balaban J connectivity index is 1.06. The molecule has 4 heterocycles. The number of halogens is 1. The van der Waals surface area contributed by atoms with E-state index in [-0.39, 0.29) is 16.9 Å². The van der Waals surface area contributed by atoms with Crippen LogP contribution in [0.3, 0.4) is 0 Å². The van der Waals surface area contributed by atoms with Gasteiger partial charge in [0, 0.05) is 43.6 Å². The molecule has 0 saturated carbocycles. The normalized spacial score (nSPS) is 19.0. The van der Waals surface area contributed by atoms with Crippen LogP contribution in [0.15, 0.2) is 84.0 Å². The first-order chi connectivity index (χ1) is 20.0. The maximum absolute atomic E-state index is 14.2. The van der Waals surface area contributed by atoms with Gasteiger partial charge in [-0.3, -0.25) is 4.90 Å². The van der Waals surface area contributed by atoms with Gasteiger partial charge in [0.1, 0.15) is 17.9 Å². The average molecular weight is 551 g/mol. The summed E-state index contributed by atoms with van der Waals surface area (Å²) in [6, 6.07) is 20.8. The lowest BCUT2D eigenvalue weighted by molar-refractivity contribution is 0.270. The number of nitrogens with one attached hydrogen (secondary N) is 2. The van der Waals surface area contributed by atoms with Gasteiger partial charge in [-0.1, -0.05) is 36.4 Å². The van der Waals surface area contributed by atoms with Crippen molar-refractivity contribution in [2.75, 3.05) is 31.1 Å². The maximum atomic E-state index is 14.2. The van der Waals surface area contributed by atoms with E-state index in [0.717, 1.165) is 73.5 Å². The number of H-pyrrole nitrogens is 2. The van der Waals surface area contributed by atoms with Crippen molar-refractivity contribution in [3.63, 3.8) is 0 Å². The molecule has 3 aromatic carbocycles. The van der Waals surface area contributed by atoms with E-state index in [9.17, 15) is 9.18 Å². The first-order valence-corrected chi connectivity index (χ1v) is 14.0. The van der Waals surface area contributed by atoms with Crippen LogP contribution in [0.25, 0.3) is 11.0 Å².